The Labute approximate surface area is 553 Å². The molecular weight excluding hydrogens is 1370 g/mol. The molecule has 0 fully saturated rings. The van der Waals surface area contributed by atoms with E-state index in [4.69, 9.17) is 52.2 Å². The van der Waals surface area contributed by atoms with Crippen LogP contribution in [-0.2, 0) is 34.1 Å². The predicted molar refractivity (Wildman–Crippen MR) is 294 cm³/mol. The third-order valence-electron chi connectivity index (χ3n) is 11.6. The summed E-state index contributed by atoms with van der Waals surface area (Å²) < 4.78 is 64.5. The third-order valence-corrected chi connectivity index (χ3v) is 11.6. The number of benzene rings is 6. The second kappa shape index (κ2) is 40.7. The first-order valence-electron chi connectivity index (χ1n) is 24.7. The molecule has 0 spiro atoms. The number of para-hydroxylation sites is 6. The Bertz CT molecular complexity index is 2660. The average molecular weight is 1440 g/mol. The van der Waals surface area contributed by atoms with E-state index in [2.05, 4.69) is 30.0 Å². The molecule has 0 aromatic heterocycles. The van der Waals surface area contributed by atoms with Crippen molar-refractivity contribution in [3.05, 3.63) is 143 Å². The Morgan fingerprint density at radius 2 is 0.465 bits per heavy atom. The van der Waals surface area contributed by atoms with Gasteiger partial charge in [0.15, 0.2) is 0 Å². The molecular formula is C59H64ClDyFe2N6O17. The summed E-state index contributed by atoms with van der Waals surface area (Å²) >= 11 is 0. The maximum atomic E-state index is 12.4. The van der Waals surface area contributed by atoms with E-state index in [1.165, 1.54) is 79.9 Å². The minimum atomic E-state index is -4.94. The quantitative estimate of drug-likeness (QED) is 0.0617. The largest absolute Gasteiger partial charge is 3.00 e. The van der Waals surface area contributed by atoms with Gasteiger partial charge < -0.3 is 64.2 Å². The number of halogens is 1. The molecule has 0 amide bonds. The molecule has 0 aliphatic carbocycles. The Kier molecular flexibility index (Phi) is 37.5. The summed E-state index contributed by atoms with van der Waals surface area (Å²) in [5, 5.41) is 81.6. The molecule has 0 atom stereocenters. The molecule has 0 aliphatic rings. The van der Waals surface area contributed by atoms with E-state index in [1.54, 1.807) is 109 Å². The van der Waals surface area contributed by atoms with Crippen LogP contribution >= 0.6 is 0 Å². The van der Waals surface area contributed by atoms with Crippen molar-refractivity contribution in [1.29, 1.82) is 0 Å². The molecule has 1 radical (unpaired) electrons. The van der Waals surface area contributed by atoms with Gasteiger partial charge in [0.25, 0.3) is 0 Å². The zero-order valence-corrected chi connectivity index (χ0v) is 53.2. The number of aliphatic hydroxyl groups is 1. The third kappa shape index (κ3) is 26.1. The van der Waals surface area contributed by atoms with Gasteiger partial charge in [-0.1, -0.05) is 121 Å². The predicted octanol–water partition coefficient (Wildman–Crippen LogP) is 0.0407. The van der Waals surface area contributed by atoms with Crippen molar-refractivity contribution in [2.75, 3.05) is 89.0 Å². The van der Waals surface area contributed by atoms with Gasteiger partial charge in [-0.05, 0) is 69.8 Å². The van der Waals surface area contributed by atoms with E-state index in [1.807, 2.05) is 13.8 Å². The van der Waals surface area contributed by atoms with Crippen LogP contribution in [0.1, 0.15) is 47.2 Å². The number of aliphatic imine (C=N–C) groups is 6. The molecule has 0 saturated carbocycles. The van der Waals surface area contributed by atoms with Gasteiger partial charge in [0.1, 0.15) is 34.5 Å². The molecule has 23 nitrogen and oxygen atoms in total. The molecule has 1 N–H and O–H groups in total. The Balaban J connectivity index is 0.00000147. The molecule has 0 unspecified atom stereocenters. The summed E-state index contributed by atoms with van der Waals surface area (Å²) in [5.74, 6) is -0.0677. The number of methoxy groups -OCH3 is 6. The van der Waals surface area contributed by atoms with Crippen molar-refractivity contribution < 1.29 is 165 Å². The normalized spacial score (nSPS) is 12.5. The molecule has 86 heavy (non-hydrogen) atoms. The van der Waals surface area contributed by atoms with E-state index in [0.717, 1.165) is 7.11 Å². The summed E-state index contributed by atoms with van der Waals surface area (Å²) in [7, 11) is 4.70. The minimum Gasteiger partial charge on any atom is -0.870 e. The molecule has 465 valence electrons. The van der Waals surface area contributed by atoms with Crippen molar-refractivity contribution >= 4 is 37.3 Å². The average Bonchev–Trinajstić information content (AvgIpc) is 3.55. The molecule has 0 saturated heterocycles. The fourth-order valence-electron chi connectivity index (χ4n) is 7.26. The van der Waals surface area contributed by atoms with Gasteiger partial charge in [-0.25, -0.2) is 18.6 Å². The first-order chi connectivity index (χ1) is 39.6. The van der Waals surface area contributed by atoms with E-state index < -0.39 is 21.1 Å². The van der Waals surface area contributed by atoms with Crippen LogP contribution < -0.4 is 77.7 Å². The number of rotatable bonds is 24. The molecule has 6 aromatic carbocycles. The summed E-state index contributed by atoms with van der Waals surface area (Å²) in [6, 6.07) is 29.9. The summed E-state index contributed by atoms with van der Waals surface area (Å²) in [6.45, 7) is 5.57. The second-order valence-electron chi connectivity index (χ2n) is 18.1. The van der Waals surface area contributed by atoms with Gasteiger partial charge in [-0.2, -0.15) is 0 Å². The first kappa shape index (κ1) is 79.3. The number of nitrogens with zero attached hydrogens (tertiary/aromatic N) is 6. The van der Waals surface area contributed by atoms with Crippen molar-refractivity contribution in [2.45, 2.75) is 13.8 Å². The Morgan fingerprint density at radius 1 is 0.337 bits per heavy atom. The maximum Gasteiger partial charge on any atom is 3.00 e. The van der Waals surface area contributed by atoms with E-state index in [0.29, 0.717) is 33.4 Å². The van der Waals surface area contributed by atoms with Crippen LogP contribution in [0.2, 0.25) is 0 Å². The summed E-state index contributed by atoms with van der Waals surface area (Å²) in [4.78, 5) is 27.0. The summed E-state index contributed by atoms with van der Waals surface area (Å²) in [6.07, 6.45) is 9.04. The zero-order valence-electron chi connectivity index (χ0n) is 48.2. The molecule has 6 rings (SSSR count). The number of aliphatic hydroxyl groups excluding tert-OH is 1. The smallest absolute Gasteiger partial charge is 0.870 e. The molecule has 27 heteroatoms. The monoisotopic (exact) mass is 1440 g/mol. The minimum absolute atomic E-state index is 0. The van der Waals surface area contributed by atoms with Crippen molar-refractivity contribution in [2.24, 2.45) is 40.8 Å². The maximum absolute atomic E-state index is 12.4. The van der Waals surface area contributed by atoms with Crippen LogP contribution in [0.15, 0.2) is 139 Å². The molecule has 0 aliphatic heterocycles. The van der Waals surface area contributed by atoms with E-state index >= 15 is 0 Å². The van der Waals surface area contributed by atoms with E-state index in [9.17, 15) is 30.6 Å². The fraction of sp³-hybridized carbons (Fsp3) is 0.288. The van der Waals surface area contributed by atoms with Crippen LogP contribution in [0, 0.1) is 59.2 Å². The topological polar surface area (TPSA) is 380 Å². The van der Waals surface area contributed by atoms with Gasteiger partial charge in [0.05, 0.1) is 42.7 Å². The van der Waals surface area contributed by atoms with Crippen molar-refractivity contribution in [3.8, 4) is 69.0 Å². The second-order valence-corrected chi connectivity index (χ2v) is 18.8. The molecule has 0 bridgehead atoms. The SMILES string of the molecule is CO.COc1cccc(C=NCC(C)(CN=Cc2cccc(OC)c2[O-])CN=Cc2cccc(OC)c2[O-])c1[O-].COc1cccc(C=NCC(C)(CN=Cc2cccc(OC)c2[O-])CN=Cc2cccc(OC)c2[O-])c1[O-].[Dy+3].[Fe+2].[Fe+2].[O-][Cl+3]([O-])([O-])[O-]. The van der Waals surface area contributed by atoms with Crippen LogP contribution in [0.25, 0.3) is 0 Å². The van der Waals surface area contributed by atoms with Crippen LogP contribution in [0.4, 0.5) is 0 Å². The van der Waals surface area contributed by atoms with Crippen molar-refractivity contribution in [3.63, 3.8) is 0 Å². The van der Waals surface area contributed by atoms with Gasteiger partial charge in [0.2, 0.25) is 0 Å². The Hall–Kier alpha value is -6.66. The van der Waals surface area contributed by atoms with Gasteiger partial charge >= 0.3 is 72.3 Å². The number of ether oxygens (including phenoxy) is 6. The van der Waals surface area contributed by atoms with Crippen LogP contribution in [0.5, 0.6) is 69.0 Å². The standard InChI is InChI=1S/2C29H33N3O6.CH4O.ClHO4.Dy.2Fe/c2*1-29(17-30-14-20-8-5-11-23(36-2)26(20)33,18-31-15-21-9-6-12-24(37-3)27(21)34)19-32-16-22-10-7-13-25(38-4)28(22)35;1-2;2-1(3,4)5;;;/h2*5-16,33-35H,17-19H2,1-4H3;2H,1H3;(H,2,3,4,5);;;/q;;;;+3;2*+2/p-7. The van der Waals surface area contributed by atoms with Gasteiger partial charge in [-0.15, -0.1) is 10.2 Å². The van der Waals surface area contributed by atoms with Crippen molar-refractivity contribution in [1.82, 2.24) is 0 Å². The van der Waals surface area contributed by atoms with Gasteiger partial charge in [0, 0.05) is 94.5 Å². The number of hydrogen-bond acceptors (Lipinski definition) is 23. The van der Waals surface area contributed by atoms with E-state index in [-0.39, 0.29) is 181 Å². The molecule has 6 aromatic rings. The molecule has 0 heterocycles. The van der Waals surface area contributed by atoms with Gasteiger partial charge in [-0.3, -0.25) is 30.0 Å². The number of hydrogen-bond donors (Lipinski definition) is 1. The summed E-state index contributed by atoms with van der Waals surface area (Å²) in [5.41, 5.74) is 1.23. The van der Waals surface area contributed by atoms with Crippen LogP contribution in [-0.4, -0.2) is 131 Å². The zero-order chi connectivity index (χ0) is 61.6. The fourth-order valence-corrected chi connectivity index (χ4v) is 7.26. The van der Waals surface area contributed by atoms with Crippen LogP contribution in [0.3, 0.4) is 0 Å². The Morgan fingerprint density at radius 3 is 0.581 bits per heavy atom. The first-order valence-corrected chi connectivity index (χ1v) is 26.0.